The second-order valence-electron chi connectivity index (χ2n) is 7.53. The summed E-state index contributed by atoms with van der Waals surface area (Å²) >= 11 is 0. The van der Waals surface area contributed by atoms with E-state index in [-0.39, 0.29) is 16.9 Å². The molecule has 3 rings (SSSR count). The Morgan fingerprint density at radius 3 is 2.53 bits per heavy atom. The molecule has 6 nitrogen and oxygen atoms in total. The third-order valence-corrected chi connectivity index (χ3v) is 7.19. The summed E-state index contributed by atoms with van der Waals surface area (Å²) in [5.41, 5.74) is 1.47. The number of nitrogens with one attached hydrogen (secondary N) is 1. The molecule has 1 fully saturated rings. The van der Waals surface area contributed by atoms with E-state index >= 15 is 0 Å². The van der Waals surface area contributed by atoms with Crippen LogP contribution in [0.25, 0.3) is 0 Å². The van der Waals surface area contributed by atoms with Gasteiger partial charge in [-0.1, -0.05) is 42.8 Å². The predicted octanol–water partition coefficient (Wildman–Crippen LogP) is 3.76. The number of carbonyl (C=O) groups excluding carboxylic acids is 1. The Hall–Kier alpha value is -2.22. The van der Waals surface area contributed by atoms with Crippen LogP contribution in [-0.2, 0) is 14.8 Å². The molecular weight excluding hydrogens is 400 g/mol. The number of ether oxygens (including phenoxy) is 1. The fourth-order valence-corrected chi connectivity index (χ4v) is 5.07. The van der Waals surface area contributed by atoms with Gasteiger partial charge in [0.15, 0.2) is 0 Å². The zero-order valence-corrected chi connectivity index (χ0v) is 18.2. The Bertz CT molecular complexity index is 925. The standard InChI is InChI=1S/C23H30N2O4S/c1-19(20-10-4-2-5-11-20)29-17-9-14-24-23(26)21-12-8-13-22(18-21)30(27,28)25-15-6-3-7-16-25/h2,4-5,8,10-13,18-19H,3,6-7,9,14-17H2,1H3,(H,24,26). The maximum absolute atomic E-state index is 12.8. The number of hydrogen-bond donors (Lipinski definition) is 1. The molecule has 1 unspecified atom stereocenters. The third kappa shape index (κ3) is 5.90. The van der Waals surface area contributed by atoms with Crippen LogP contribution in [0.3, 0.4) is 0 Å². The molecule has 1 aliphatic rings. The maximum Gasteiger partial charge on any atom is 0.251 e. The van der Waals surface area contributed by atoms with Gasteiger partial charge in [0.05, 0.1) is 11.0 Å². The van der Waals surface area contributed by atoms with E-state index in [0.717, 1.165) is 24.8 Å². The molecule has 0 aromatic heterocycles. The Kier molecular flexibility index (Phi) is 8.01. The average Bonchev–Trinajstić information content (AvgIpc) is 2.80. The van der Waals surface area contributed by atoms with Crippen molar-refractivity contribution >= 4 is 15.9 Å². The molecule has 0 saturated carbocycles. The smallest absolute Gasteiger partial charge is 0.251 e. The number of sulfonamides is 1. The zero-order valence-electron chi connectivity index (χ0n) is 17.4. The monoisotopic (exact) mass is 430 g/mol. The summed E-state index contributed by atoms with van der Waals surface area (Å²) in [4.78, 5) is 12.6. The fourth-order valence-electron chi connectivity index (χ4n) is 3.51. The van der Waals surface area contributed by atoms with E-state index in [0.29, 0.717) is 38.2 Å². The van der Waals surface area contributed by atoms with Crippen molar-refractivity contribution in [2.24, 2.45) is 0 Å². The fraction of sp³-hybridized carbons (Fsp3) is 0.435. The summed E-state index contributed by atoms with van der Waals surface area (Å²) in [6.07, 6.45) is 3.49. The van der Waals surface area contributed by atoms with Gasteiger partial charge >= 0.3 is 0 Å². The Morgan fingerprint density at radius 1 is 1.07 bits per heavy atom. The normalized spacial score (nSPS) is 16.2. The minimum absolute atomic E-state index is 0.00132. The van der Waals surface area contributed by atoms with Crippen LogP contribution in [0.2, 0.25) is 0 Å². The van der Waals surface area contributed by atoms with Crippen LogP contribution < -0.4 is 5.32 Å². The van der Waals surface area contributed by atoms with Crippen molar-refractivity contribution in [3.05, 3.63) is 65.7 Å². The quantitative estimate of drug-likeness (QED) is 0.615. The van der Waals surface area contributed by atoms with Crippen molar-refractivity contribution in [2.45, 2.75) is 43.6 Å². The first-order chi connectivity index (χ1) is 14.5. The van der Waals surface area contributed by atoms with Gasteiger partial charge in [-0.15, -0.1) is 0 Å². The first kappa shape index (κ1) is 22.5. The molecule has 0 aliphatic carbocycles. The first-order valence-corrected chi connectivity index (χ1v) is 12.0. The highest BCUT2D eigenvalue weighted by Crippen LogP contribution is 2.21. The highest BCUT2D eigenvalue weighted by atomic mass is 32.2. The minimum atomic E-state index is -3.55. The average molecular weight is 431 g/mol. The number of carbonyl (C=O) groups is 1. The van der Waals surface area contributed by atoms with Crippen LogP contribution >= 0.6 is 0 Å². The van der Waals surface area contributed by atoms with Crippen molar-refractivity contribution in [1.82, 2.24) is 9.62 Å². The molecule has 1 aliphatic heterocycles. The molecule has 2 aromatic rings. The molecule has 1 saturated heterocycles. The van der Waals surface area contributed by atoms with Gasteiger partial charge in [-0.2, -0.15) is 4.31 Å². The van der Waals surface area contributed by atoms with Crippen molar-refractivity contribution in [3.8, 4) is 0 Å². The van der Waals surface area contributed by atoms with Crippen LogP contribution in [0.15, 0.2) is 59.5 Å². The zero-order chi connectivity index (χ0) is 21.4. The second-order valence-corrected chi connectivity index (χ2v) is 9.46. The topological polar surface area (TPSA) is 75.7 Å². The van der Waals surface area contributed by atoms with Crippen molar-refractivity contribution in [2.75, 3.05) is 26.2 Å². The van der Waals surface area contributed by atoms with Gasteiger partial charge in [0.25, 0.3) is 5.91 Å². The molecule has 1 N–H and O–H groups in total. The Labute approximate surface area is 179 Å². The van der Waals surface area contributed by atoms with Crippen molar-refractivity contribution in [3.63, 3.8) is 0 Å². The third-order valence-electron chi connectivity index (χ3n) is 5.29. The van der Waals surface area contributed by atoms with E-state index in [9.17, 15) is 13.2 Å². The van der Waals surface area contributed by atoms with E-state index in [2.05, 4.69) is 5.32 Å². The molecule has 1 atom stereocenters. The lowest BCUT2D eigenvalue weighted by atomic mass is 10.1. The number of rotatable bonds is 9. The van der Waals surface area contributed by atoms with Crippen LogP contribution in [0.4, 0.5) is 0 Å². The maximum atomic E-state index is 12.8. The molecule has 162 valence electrons. The number of benzene rings is 2. The van der Waals surface area contributed by atoms with Gasteiger partial charge in [0, 0.05) is 31.8 Å². The summed E-state index contributed by atoms with van der Waals surface area (Å²) in [5.74, 6) is -0.276. The van der Waals surface area contributed by atoms with Crippen molar-refractivity contribution in [1.29, 1.82) is 0 Å². The van der Waals surface area contributed by atoms with E-state index in [1.54, 1.807) is 18.2 Å². The van der Waals surface area contributed by atoms with Crippen LogP contribution in [0, 0.1) is 0 Å². The second kappa shape index (κ2) is 10.7. The van der Waals surface area contributed by atoms with Gasteiger partial charge in [0.1, 0.15) is 0 Å². The van der Waals surface area contributed by atoms with E-state index in [4.69, 9.17) is 4.74 Å². The number of amides is 1. The largest absolute Gasteiger partial charge is 0.374 e. The van der Waals surface area contributed by atoms with Crippen LogP contribution in [-0.4, -0.2) is 44.9 Å². The SMILES string of the molecule is CC(OCCCNC(=O)c1cccc(S(=O)(=O)N2CCCCC2)c1)c1ccccc1. The highest BCUT2D eigenvalue weighted by molar-refractivity contribution is 7.89. The summed E-state index contributed by atoms with van der Waals surface area (Å²) < 4.78 is 33.0. The number of nitrogens with zero attached hydrogens (tertiary/aromatic N) is 1. The first-order valence-electron chi connectivity index (χ1n) is 10.5. The van der Waals surface area contributed by atoms with Gasteiger partial charge in [-0.05, 0) is 49.9 Å². The number of hydrogen-bond acceptors (Lipinski definition) is 4. The van der Waals surface area contributed by atoms with E-state index in [1.165, 1.54) is 10.4 Å². The molecule has 1 heterocycles. The summed E-state index contributed by atoms with van der Waals surface area (Å²) in [5, 5.41) is 2.84. The Balaban J connectivity index is 1.48. The van der Waals surface area contributed by atoms with Gasteiger partial charge in [0.2, 0.25) is 10.0 Å². The van der Waals surface area contributed by atoms with Crippen molar-refractivity contribution < 1.29 is 17.9 Å². The molecule has 0 radical (unpaired) electrons. The molecule has 7 heteroatoms. The minimum Gasteiger partial charge on any atom is -0.374 e. The van der Waals surface area contributed by atoms with Crippen LogP contribution in [0.1, 0.15) is 54.6 Å². The van der Waals surface area contributed by atoms with Gasteiger partial charge in [-0.25, -0.2) is 8.42 Å². The predicted molar refractivity (Wildman–Crippen MR) is 117 cm³/mol. The molecule has 0 bridgehead atoms. The summed E-state index contributed by atoms with van der Waals surface area (Å²) in [6, 6.07) is 16.3. The lowest BCUT2D eigenvalue weighted by Crippen LogP contribution is -2.35. The van der Waals surface area contributed by atoms with Crippen LogP contribution in [0.5, 0.6) is 0 Å². The molecule has 1 amide bonds. The molecule has 2 aromatic carbocycles. The summed E-state index contributed by atoms with van der Waals surface area (Å²) in [7, 11) is -3.55. The Morgan fingerprint density at radius 2 is 1.80 bits per heavy atom. The lowest BCUT2D eigenvalue weighted by Gasteiger charge is -2.26. The van der Waals surface area contributed by atoms with Gasteiger partial charge in [-0.3, -0.25) is 4.79 Å². The van der Waals surface area contributed by atoms with Gasteiger partial charge < -0.3 is 10.1 Å². The molecule has 0 spiro atoms. The molecule has 30 heavy (non-hydrogen) atoms. The van der Waals surface area contributed by atoms with E-state index in [1.807, 2.05) is 37.3 Å². The number of piperidine rings is 1. The lowest BCUT2D eigenvalue weighted by molar-refractivity contribution is 0.0635. The molecular formula is C23H30N2O4S. The highest BCUT2D eigenvalue weighted by Gasteiger charge is 2.26. The summed E-state index contributed by atoms with van der Waals surface area (Å²) in [6.45, 7) is 4.08. The van der Waals surface area contributed by atoms with E-state index < -0.39 is 10.0 Å².